The van der Waals surface area contributed by atoms with E-state index in [4.69, 9.17) is 18.0 Å². The third-order valence-electron chi connectivity index (χ3n) is 3.84. The second kappa shape index (κ2) is 6.54. The summed E-state index contributed by atoms with van der Waals surface area (Å²) in [4.78, 5) is 0. The Hall–Kier alpha value is -2.14. The molecule has 0 fully saturated rings. The summed E-state index contributed by atoms with van der Waals surface area (Å²) < 4.78 is 2.22. The minimum Gasteiger partial charge on any atom is -0.375 e. The zero-order valence-corrected chi connectivity index (χ0v) is 15.2. The normalized spacial score (nSPS) is 11.9. The van der Waals surface area contributed by atoms with Gasteiger partial charge in [-0.05, 0) is 55.2 Å². The highest BCUT2D eigenvalue weighted by atomic mass is 32.1. The van der Waals surface area contributed by atoms with Crippen LogP contribution in [0.1, 0.15) is 43.3 Å². The maximum Gasteiger partial charge on any atom is 0.184 e. The molecule has 0 amide bonds. The Morgan fingerprint density at radius 1 is 1.22 bits per heavy atom. The van der Waals surface area contributed by atoms with Crippen LogP contribution in [0.3, 0.4) is 0 Å². The zero-order chi connectivity index (χ0) is 17.2. The number of rotatable bonds is 3. The third-order valence-corrected chi connectivity index (χ3v) is 3.93. The Kier molecular flexibility index (Phi) is 4.90. The van der Waals surface area contributed by atoms with E-state index >= 15 is 0 Å². The number of aryl methyl sites for hydroxylation is 1. The first-order chi connectivity index (χ1) is 10.7. The summed E-state index contributed by atoms with van der Waals surface area (Å²) >= 11 is 4.74. The Morgan fingerprint density at radius 3 is 2.35 bits per heavy atom. The van der Waals surface area contributed by atoms with Gasteiger partial charge in [0.1, 0.15) is 0 Å². The van der Waals surface area contributed by atoms with Gasteiger partial charge in [0.05, 0.1) is 6.21 Å². The molecule has 0 aliphatic heterocycles. The largest absolute Gasteiger partial charge is 0.375 e. The molecule has 2 rings (SSSR count). The average molecular weight is 328 g/mol. The van der Waals surface area contributed by atoms with Gasteiger partial charge in [0.2, 0.25) is 0 Å². The Morgan fingerprint density at radius 2 is 1.83 bits per heavy atom. The molecule has 0 saturated carbocycles. The lowest BCUT2D eigenvalue weighted by Gasteiger charge is -2.20. The van der Waals surface area contributed by atoms with Gasteiger partial charge in [0.15, 0.2) is 5.11 Å². The maximum absolute atomic E-state index is 5.37. The van der Waals surface area contributed by atoms with Gasteiger partial charge in [-0.2, -0.15) is 5.10 Å². The molecule has 122 valence electrons. The van der Waals surface area contributed by atoms with E-state index in [1.54, 1.807) is 6.21 Å². The van der Waals surface area contributed by atoms with E-state index < -0.39 is 0 Å². The standard InChI is InChI=1S/C18H24N4S/c1-12-10-14(11-20-21-17(19)23)13(2)22(12)16-8-6-15(7-9-16)18(3,4)5/h6-11H,1-5H3,(H3,19,21,23)/b20-11-. The van der Waals surface area contributed by atoms with E-state index in [1.165, 1.54) is 5.56 Å². The molecule has 1 heterocycles. The first-order valence-electron chi connectivity index (χ1n) is 7.58. The van der Waals surface area contributed by atoms with E-state index in [0.29, 0.717) is 0 Å². The minimum absolute atomic E-state index is 0.156. The van der Waals surface area contributed by atoms with Crippen molar-refractivity contribution in [3.05, 3.63) is 52.8 Å². The number of nitrogens with two attached hydrogens (primary N) is 1. The SMILES string of the molecule is Cc1cc(/C=N\NC(N)=S)c(C)n1-c1ccc(C(C)(C)C)cc1. The molecular formula is C18H24N4S. The molecule has 0 aliphatic rings. The van der Waals surface area contributed by atoms with Crippen molar-refractivity contribution in [2.45, 2.75) is 40.0 Å². The van der Waals surface area contributed by atoms with Crippen LogP contribution in [0.15, 0.2) is 35.4 Å². The molecule has 23 heavy (non-hydrogen) atoms. The first-order valence-corrected chi connectivity index (χ1v) is 7.99. The summed E-state index contributed by atoms with van der Waals surface area (Å²) in [5.74, 6) is 0. The molecule has 0 bridgehead atoms. The number of thiocarbonyl (C=S) groups is 1. The van der Waals surface area contributed by atoms with Gasteiger partial charge in [-0.25, -0.2) is 0 Å². The van der Waals surface area contributed by atoms with Crippen molar-refractivity contribution in [1.82, 2.24) is 9.99 Å². The van der Waals surface area contributed by atoms with Crippen molar-refractivity contribution in [3.8, 4) is 5.69 Å². The van der Waals surface area contributed by atoms with Crippen molar-refractivity contribution in [2.24, 2.45) is 10.8 Å². The predicted molar refractivity (Wildman–Crippen MR) is 101 cm³/mol. The molecule has 0 saturated heterocycles. The highest BCUT2D eigenvalue weighted by molar-refractivity contribution is 7.80. The monoisotopic (exact) mass is 328 g/mol. The zero-order valence-electron chi connectivity index (χ0n) is 14.3. The van der Waals surface area contributed by atoms with Crippen molar-refractivity contribution in [1.29, 1.82) is 0 Å². The van der Waals surface area contributed by atoms with Gasteiger partial charge in [-0.3, -0.25) is 5.43 Å². The number of hydrogen-bond acceptors (Lipinski definition) is 2. The molecule has 0 unspecified atom stereocenters. The van der Waals surface area contributed by atoms with Crippen LogP contribution in [0.4, 0.5) is 0 Å². The number of nitrogens with zero attached hydrogens (tertiary/aromatic N) is 2. The summed E-state index contributed by atoms with van der Waals surface area (Å²) in [6, 6.07) is 10.8. The van der Waals surface area contributed by atoms with Gasteiger partial charge >= 0.3 is 0 Å². The van der Waals surface area contributed by atoms with Crippen LogP contribution in [0.25, 0.3) is 5.69 Å². The lowest BCUT2D eigenvalue weighted by Crippen LogP contribution is -2.24. The maximum atomic E-state index is 5.37. The van der Waals surface area contributed by atoms with Gasteiger partial charge in [-0.15, -0.1) is 0 Å². The van der Waals surface area contributed by atoms with E-state index in [-0.39, 0.29) is 10.5 Å². The van der Waals surface area contributed by atoms with Crippen LogP contribution >= 0.6 is 12.2 Å². The van der Waals surface area contributed by atoms with Crippen molar-refractivity contribution in [2.75, 3.05) is 0 Å². The summed E-state index contributed by atoms with van der Waals surface area (Å²) in [6.45, 7) is 10.8. The summed E-state index contributed by atoms with van der Waals surface area (Å²) in [5.41, 5.74) is 13.9. The molecule has 1 aromatic carbocycles. The lowest BCUT2D eigenvalue weighted by atomic mass is 9.87. The molecular weight excluding hydrogens is 304 g/mol. The fourth-order valence-electron chi connectivity index (χ4n) is 2.59. The molecule has 0 aliphatic carbocycles. The molecule has 3 N–H and O–H groups in total. The van der Waals surface area contributed by atoms with Crippen LogP contribution in [-0.2, 0) is 5.41 Å². The number of hydrogen-bond donors (Lipinski definition) is 2. The van der Waals surface area contributed by atoms with Crippen LogP contribution in [0, 0.1) is 13.8 Å². The number of aromatic nitrogens is 1. The highest BCUT2D eigenvalue weighted by Gasteiger charge is 2.14. The van der Waals surface area contributed by atoms with E-state index in [2.05, 4.69) is 80.0 Å². The highest BCUT2D eigenvalue weighted by Crippen LogP contribution is 2.25. The summed E-state index contributed by atoms with van der Waals surface area (Å²) in [6.07, 6.45) is 1.74. The number of hydrazone groups is 1. The molecule has 5 heteroatoms. The Balaban J connectivity index is 2.35. The second-order valence-corrected chi connectivity index (χ2v) is 7.13. The Bertz CT molecular complexity index is 734. The summed E-state index contributed by atoms with van der Waals surface area (Å²) in [5, 5.41) is 4.20. The van der Waals surface area contributed by atoms with E-state index in [1.807, 2.05) is 0 Å². The third kappa shape index (κ3) is 3.99. The smallest absolute Gasteiger partial charge is 0.184 e. The molecule has 0 atom stereocenters. The van der Waals surface area contributed by atoms with E-state index in [9.17, 15) is 0 Å². The van der Waals surface area contributed by atoms with Crippen molar-refractivity contribution >= 4 is 23.5 Å². The second-order valence-electron chi connectivity index (χ2n) is 6.69. The topological polar surface area (TPSA) is 55.3 Å². The minimum atomic E-state index is 0.156. The number of benzene rings is 1. The first kappa shape index (κ1) is 17.2. The molecule has 1 aromatic heterocycles. The predicted octanol–water partition coefficient (Wildman–Crippen LogP) is 3.56. The molecule has 0 spiro atoms. The number of nitrogens with one attached hydrogen (secondary N) is 1. The van der Waals surface area contributed by atoms with Crippen LogP contribution < -0.4 is 11.2 Å². The fraction of sp³-hybridized carbons (Fsp3) is 0.333. The molecule has 2 aromatic rings. The van der Waals surface area contributed by atoms with E-state index in [0.717, 1.165) is 22.6 Å². The fourth-order valence-corrected chi connectivity index (χ4v) is 2.64. The molecule has 0 radical (unpaired) electrons. The lowest BCUT2D eigenvalue weighted by molar-refractivity contribution is 0.590. The van der Waals surface area contributed by atoms with Gasteiger partial charge in [0.25, 0.3) is 0 Å². The molecule has 4 nitrogen and oxygen atoms in total. The van der Waals surface area contributed by atoms with Crippen LogP contribution in [0.5, 0.6) is 0 Å². The van der Waals surface area contributed by atoms with Crippen molar-refractivity contribution in [3.63, 3.8) is 0 Å². The average Bonchev–Trinajstić information content (AvgIpc) is 2.72. The Labute approximate surface area is 143 Å². The van der Waals surface area contributed by atoms with Gasteiger partial charge < -0.3 is 10.3 Å². The van der Waals surface area contributed by atoms with Crippen LogP contribution in [-0.4, -0.2) is 15.9 Å². The van der Waals surface area contributed by atoms with Crippen molar-refractivity contribution < 1.29 is 0 Å². The quantitative estimate of drug-likeness (QED) is 0.514. The van der Waals surface area contributed by atoms with Gasteiger partial charge in [0, 0.05) is 22.6 Å². The summed E-state index contributed by atoms with van der Waals surface area (Å²) in [7, 11) is 0. The van der Waals surface area contributed by atoms with Crippen LogP contribution in [0.2, 0.25) is 0 Å². The van der Waals surface area contributed by atoms with Gasteiger partial charge in [-0.1, -0.05) is 32.9 Å².